The Morgan fingerprint density at radius 3 is 2.71 bits per heavy atom. The minimum atomic E-state index is -0.507. The smallest absolute Gasteiger partial charge is 0.413 e. The number of morpholine rings is 1. The van der Waals surface area contributed by atoms with E-state index >= 15 is 0 Å². The molecular formula is C14H23N3O3S. The molecular weight excluding hydrogens is 290 g/mol. The first-order chi connectivity index (χ1) is 9.83. The van der Waals surface area contributed by atoms with Gasteiger partial charge < -0.3 is 9.47 Å². The first kappa shape index (κ1) is 16.2. The Morgan fingerprint density at radius 1 is 1.43 bits per heavy atom. The maximum Gasteiger partial charge on any atom is 0.413 e. The lowest BCUT2D eigenvalue weighted by Crippen LogP contribution is -2.35. The van der Waals surface area contributed by atoms with E-state index in [1.807, 2.05) is 27.7 Å². The van der Waals surface area contributed by atoms with E-state index in [4.69, 9.17) is 9.47 Å². The number of carbonyl (C=O) groups excluding carboxylic acids is 1. The molecule has 0 atom stereocenters. The predicted molar refractivity (Wildman–Crippen MR) is 82.8 cm³/mol. The van der Waals surface area contributed by atoms with Crippen LogP contribution in [0.4, 0.5) is 9.93 Å². The van der Waals surface area contributed by atoms with Crippen molar-refractivity contribution in [3.8, 4) is 0 Å². The van der Waals surface area contributed by atoms with Crippen LogP contribution < -0.4 is 5.32 Å². The lowest BCUT2D eigenvalue weighted by Gasteiger charge is -2.25. The fourth-order valence-electron chi connectivity index (χ4n) is 1.98. The molecule has 21 heavy (non-hydrogen) atoms. The van der Waals surface area contributed by atoms with Gasteiger partial charge in [0.05, 0.1) is 18.9 Å². The molecule has 118 valence electrons. The number of thiazole rings is 1. The lowest BCUT2D eigenvalue weighted by molar-refractivity contribution is 0.0345. The molecule has 2 heterocycles. The van der Waals surface area contributed by atoms with E-state index in [1.165, 1.54) is 16.2 Å². The SMILES string of the molecule is Cc1nc(NC(=O)OC(C)(C)C)sc1CN1CCOCC1. The Bertz CT molecular complexity index is 490. The van der Waals surface area contributed by atoms with Crippen molar-refractivity contribution in [1.29, 1.82) is 0 Å². The molecule has 7 heteroatoms. The van der Waals surface area contributed by atoms with Crippen LogP contribution in [0.15, 0.2) is 0 Å². The molecule has 6 nitrogen and oxygen atoms in total. The van der Waals surface area contributed by atoms with E-state index in [0.717, 1.165) is 38.5 Å². The Labute approximate surface area is 129 Å². The van der Waals surface area contributed by atoms with Gasteiger partial charge in [-0.25, -0.2) is 9.78 Å². The first-order valence-electron chi connectivity index (χ1n) is 7.10. The van der Waals surface area contributed by atoms with Gasteiger partial charge >= 0.3 is 6.09 Å². The van der Waals surface area contributed by atoms with E-state index in [1.54, 1.807) is 0 Å². The third-order valence-electron chi connectivity index (χ3n) is 2.97. The zero-order valence-corrected chi connectivity index (χ0v) is 13.9. The number of hydrogen-bond acceptors (Lipinski definition) is 6. The van der Waals surface area contributed by atoms with Crippen molar-refractivity contribution >= 4 is 22.6 Å². The highest BCUT2D eigenvalue weighted by Crippen LogP contribution is 2.25. The highest BCUT2D eigenvalue weighted by molar-refractivity contribution is 7.15. The first-order valence-corrected chi connectivity index (χ1v) is 7.91. The number of rotatable bonds is 3. The van der Waals surface area contributed by atoms with Crippen molar-refractivity contribution in [2.24, 2.45) is 0 Å². The molecule has 0 saturated carbocycles. The second-order valence-electron chi connectivity index (χ2n) is 6.04. The number of nitrogens with one attached hydrogen (secondary N) is 1. The van der Waals surface area contributed by atoms with E-state index in [-0.39, 0.29) is 0 Å². The fourth-order valence-corrected chi connectivity index (χ4v) is 2.97. The van der Waals surface area contributed by atoms with Gasteiger partial charge in [-0.05, 0) is 27.7 Å². The molecule has 0 aromatic carbocycles. The summed E-state index contributed by atoms with van der Waals surface area (Å²) in [7, 11) is 0. The average Bonchev–Trinajstić information content (AvgIpc) is 2.68. The summed E-state index contributed by atoms with van der Waals surface area (Å²) < 4.78 is 10.6. The molecule has 0 bridgehead atoms. The van der Waals surface area contributed by atoms with Crippen LogP contribution in [-0.2, 0) is 16.0 Å². The molecule has 1 aromatic rings. The van der Waals surface area contributed by atoms with Gasteiger partial charge in [0.25, 0.3) is 0 Å². The van der Waals surface area contributed by atoms with Gasteiger partial charge in [0, 0.05) is 24.5 Å². The molecule has 0 spiro atoms. The van der Waals surface area contributed by atoms with Crippen LogP contribution in [0.5, 0.6) is 0 Å². The van der Waals surface area contributed by atoms with Crippen LogP contribution in [0, 0.1) is 6.92 Å². The largest absolute Gasteiger partial charge is 0.444 e. The van der Waals surface area contributed by atoms with Gasteiger partial charge in [0.2, 0.25) is 0 Å². The lowest BCUT2D eigenvalue weighted by atomic mass is 10.2. The number of amides is 1. The Hall–Kier alpha value is -1.18. The van der Waals surface area contributed by atoms with Crippen molar-refractivity contribution < 1.29 is 14.3 Å². The molecule has 1 aliphatic heterocycles. The van der Waals surface area contributed by atoms with Gasteiger partial charge in [-0.3, -0.25) is 10.2 Å². The highest BCUT2D eigenvalue weighted by atomic mass is 32.1. The Kier molecular flexibility index (Phi) is 5.18. The van der Waals surface area contributed by atoms with Crippen LogP contribution >= 0.6 is 11.3 Å². The van der Waals surface area contributed by atoms with Gasteiger partial charge in [0.15, 0.2) is 5.13 Å². The third kappa shape index (κ3) is 5.26. The number of nitrogens with zero attached hydrogens (tertiary/aromatic N) is 2. The van der Waals surface area contributed by atoms with E-state index in [0.29, 0.717) is 5.13 Å². The monoisotopic (exact) mass is 313 g/mol. The molecule has 1 saturated heterocycles. The summed E-state index contributed by atoms with van der Waals surface area (Å²) >= 11 is 1.50. The minimum Gasteiger partial charge on any atom is -0.444 e. The van der Waals surface area contributed by atoms with Crippen molar-refractivity contribution in [2.75, 3.05) is 31.6 Å². The summed E-state index contributed by atoms with van der Waals surface area (Å²) in [5, 5.41) is 3.29. The zero-order chi connectivity index (χ0) is 15.5. The Balaban J connectivity index is 1.93. The summed E-state index contributed by atoms with van der Waals surface area (Å²) in [6, 6.07) is 0. The average molecular weight is 313 g/mol. The second-order valence-corrected chi connectivity index (χ2v) is 7.13. The normalized spacial score (nSPS) is 16.8. The summed E-state index contributed by atoms with van der Waals surface area (Å²) in [6.07, 6.45) is -0.464. The standard InChI is InChI=1S/C14H23N3O3S/c1-10-11(9-17-5-7-19-8-6-17)21-12(15-10)16-13(18)20-14(2,3)4/h5-9H2,1-4H3,(H,15,16,18). The summed E-state index contributed by atoms with van der Waals surface area (Å²) in [5.41, 5.74) is 0.449. The van der Waals surface area contributed by atoms with Crippen LogP contribution in [0.1, 0.15) is 31.3 Å². The third-order valence-corrected chi connectivity index (χ3v) is 4.03. The molecule has 1 aromatic heterocycles. The molecule has 1 fully saturated rings. The summed E-state index contributed by atoms with van der Waals surface area (Å²) in [6.45, 7) is 11.8. The molecule has 2 rings (SSSR count). The summed E-state index contributed by atoms with van der Waals surface area (Å²) in [5.74, 6) is 0. The number of carbonyl (C=O) groups is 1. The van der Waals surface area contributed by atoms with Crippen LogP contribution in [0.3, 0.4) is 0 Å². The van der Waals surface area contributed by atoms with Crippen LogP contribution in [0.2, 0.25) is 0 Å². The van der Waals surface area contributed by atoms with E-state index in [2.05, 4.69) is 15.2 Å². The molecule has 0 aliphatic carbocycles. The van der Waals surface area contributed by atoms with E-state index in [9.17, 15) is 4.79 Å². The number of aryl methyl sites for hydroxylation is 1. The zero-order valence-electron chi connectivity index (χ0n) is 13.1. The Morgan fingerprint density at radius 2 is 2.10 bits per heavy atom. The predicted octanol–water partition coefficient (Wildman–Crippen LogP) is 2.63. The maximum atomic E-state index is 11.7. The van der Waals surface area contributed by atoms with Crippen molar-refractivity contribution in [3.05, 3.63) is 10.6 Å². The topological polar surface area (TPSA) is 63.7 Å². The number of hydrogen-bond donors (Lipinski definition) is 1. The summed E-state index contributed by atoms with van der Waals surface area (Å²) in [4.78, 5) is 19.6. The van der Waals surface area contributed by atoms with Crippen molar-refractivity contribution in [2.45, 2.75) is 39.8 Å². The van der Waals surface area contributed by atoms with Gasteiger partial charge in [-0.15, -0.1) is 0 Å². The van der Waals surface area contributed by atoms with Gasteiger partial charge in [-0.2, -0.15) is 0 Å². The fraction of sp³-hybridized carbons (Fsp3) is 0.714. The van der Waals surface area contributed by atoms with Gasteiger partial charge in [-0.1, -0.05) is 11.3 Å². The van der Waals surface area contributed by atoms with E-state index < -0.39 is 11.7 Å². The van der Waals surface area contributed by atoms with Crippen molar-refractivity contribution in [1.82, 2.24) is 9.88 Å². The van der Waals surface area contributed by atoms with Crippen LogP contribution in [-0.4, -0.2) is 47.9 Å². The minimum absolute atomic E-state index is 0.464. The quantitative estimate of drug-likeness (QED) is 0.929. The molecule has 1 amide bonds. The maximum absolute atomic E-state index is 11.7. The molecule has 0 unspecified atom stereocenters. The van der Waals surface area contributed by atoms with Crippen molar-refractivity contribution in [3.63, 3.8) is 0 Å². The molecule has 0 radical (unpaired) electrons. The highest BCUT2D eigenvalue weighted by Gasteiger charge is 2.19. The molecule has 1 aliphatic rings. The van der Waals surface area contributed by atoms with Gasteiger partial charge in [0.1, 0.15) is 5.60 Å². The number of anilines is 1. The molecule has 1 N–H and O–H groups in total. The number of aromatic nitrogens is 1. The second kappa shape index (κ2) is 6.72. The number of ether oxygens (including phenoxy) is 2. The van der Waals surface area contributed by atoms with Crippen LogP contribution in [0.25, 0.3) is 0 Å².